The molecule has 1 amide bonds. The van der Waals surface area contributed by atoms with Crippen LogP contribution in [0.4, 0.5) is 5.69 Å². The quantitative estimate of drug-likeness (QED) is 0.476. The largest absolute Gasteiger partial charge is 0.383 e. The van der Waals surface area contributed by atoms with E-state index in [4.69, 9.17) is 4.74 Å². The Morgan fingerprint density at radius 2 is 2.12 bits per heavy atom. The highest BCUT2D eigenvalue weighted by Gasteiger charge is 2.19. The van der Waals surface area contributed by atoms with Crippen LogP contribution in [0.3, 0.4) is 0 Å². The maximum Gasteiger partial charge on any atom is 0.294 e. The molecule has 1 heterocycles. The van der Waals surface area contributed by atoms with Crippen molar-refractivity contribution in [3.8, 4) is 5.69 Å². The van der Waals surface area contributed by atoms with Crippen molar-refractivity contribution in [2.24, 2.45) is 0 Å². The highest BCUT2D eigenvalue weighted by molar-refractivity contribution is 5.92. The monoisotopic (exact) mass is 332 g/mol. The van der Waals surface area contributed by atoms with Gasteiger partial charge in [-0.3, -0.25) is 19.7 Å². The summed E-state index contributed by atoms with van der Waals surface area (Å²) in [6.07, 6.45) is 0. The summed E-state index contributed by atoms with van der Waals surface area (Å²) in [5.74, 6) is -0.663. The molecule has 0 unspecified atom stereocenters. The van der Waals surface area contributed by atoms with Crippen LogP contribution in [0.5, 0.6) is 0 Å². The number of carbonyl (C=O) groups excluding carboxylic acids is 1. The third-order valence-electron chi connectivity index (χ3n) is 3.22. The third-order valence-corrected chi connectivity index (χ3v) is 3.22. The summed E-state index contributed by atoms with van der Waals surface area (Å²) < 4.78 is 6.03. The number of nitro groups is 1. The van der Waals surface area contributed by atoms with Gasteiger partial charge in [0.15, 0.2) is 5.69 Å². The van der Waals surface area contributed by atoms with Gasteiger partial charge in [-0.15, -0.1) is 0 Å². The lowest BCUT2D eigenvalue weighted by atomic mass is 10.2. The van der Waals surface area contributed by atoms with Crippen LogP contribution in [0.2, 0.25) is 0 Å². The summed E-state index contributed by atoms with van der Waals surface area (Å²) in [6.45, 7) is 2.09. The number of carbonyl (C=O) groups is 1. The second kappa shape index (κ2) is 7.47. The van der Waals surface area contributed by atoms with E-state index in [0.717, 1.165) is 0 Å². The molecule has 126 valence electrons. The average Bonchev–Trinajstić information content (AvgIpc) is 2.55. The summed E-state index contributed by atoms with van der Waals surface area (Å²) in [6, 6.07) is 7.18. The molecule has 1 aromatic heterocycles. The number of para-hydroxylation sites is 2. The molecule has 24 heavy (non-hydrogen) atoms. The number of hydrogen-bond donors (Lipinski definition) is 1. The number of rotatable bonds is 6. The molecule has 0 fully saturated rings. The number of nitrogens with zero attached hydrogens (tertiary/aromatic N) is 3. The van der Waals surface area contributed by atoms with Crippen molar-refractivity contribution in [2.75, 3.05) is 20.3 Å². The zero-order valence-corrected chi connectivity index (χ0v) is 13.2. The lowest BCUT2D eigenvalue weighted by Gasteiger charge is -2.11. The molecule has 0 aliphatic heterocycles. The zero-order valence-electron chi connectivity index (χ0n) is 13.2. The first-order valence-corrected chi connectivity index (χ1v) is 7.07. The molecular formula is C15H16N4O5. The molecule has 1 aromatic carbocycles. The van der Waals surface area contributed by atoms with Gasteiger partial charge in [-0.2, -0.15) is 5.10 Å². The normalized spacial score (nSPS) is 10.4. The molecule has 0 bridgehead atoms. The SMILES string of the molecule is COCCNC(=O)c1nn(-c2ccccc2[N+](=O)[O-])c(C)cc1=O. The molecule has 2 aromatic rings. The fourth-order valence-corrected chi connectivity index (χ4v) is 2.10. The Hall–Kier alpha value is -3.07. The van der Waals surface area contributed by atoms with Gasteiger partial charge in [0.2, 0.25) is 5.43 Å². The number of aryl methyl sites for hydroxylation is 1. The van der Waals surface area contributed by atoms with Crippen LogP contribution >= 0.6 is 0 Å². The van der Waals surface area contributed by atoms with Gasteiger partial charge in [0, 0.05) is 31.5 Å². The smallest absolute Gasteiger partial charge is 0.294 e. The summed E-state index contributed by atoms with van der Waals surface area (Å²) in [4.78, 5) is 34.7. The number of methoxy groups -OCH3 is 1. The summed E-state index contributed by atoms with van der Waals surface area (Å²) in [5, 5.41) is 17.7. The van der Waals surface area contributed by atoms with E-state index < -0.39 is 16.3 Å². The Labute approximate surface area is 137 Å². The van der Waals surface area contributed by atoms with E-state index >= 15 is 0 Å². The van der Waals surface area contributed by atoms with E-state index in [2.05, 4.69) is 10.4 Å². The molecule has 0 radical (unpaired) electrons. The number of ether oxygens (including phenoxy) is 1. The van der Waals surface area contributed by atoms with E-state index in [1.807, 2.05) is 0 Å². The lowest BCUT2D eigenvalue weighted by Crippen LogP contribution is -2.33. The van der Waals surface area contributed by atoms with Crippen molar-refractivity contribution < 1.29 is 14.5 Å². The molecular weight excluding hydrogens is 316 g/mol. The lowest BCUT2D eigenvalue weighted by molar-refractivity contribution is -0.384. The predicted molar refractivity (Wildman–Crippen MR) is 85.4 cm³/mol. The Morgan fingerprint density at radius 1 is 1.42 bits per heavy atom. The Balaban J connectivity index is 2.50. The highest BCUT2D eigenvalue weighted by Crippen LogP contribution is 2.22. The fraction of sp³-hybridized carbons (Fsp3) is 0.267. The number of nitro benzene ring substituents is 1. The molecule has 0 atom stereocenters. The van der Waals surface area contributed by atoms with Crippen molar-refractivity contribution in [1.82, 2.24) is 15.1 Å². The minimum atomic E-state index is -0.663. The highest BCUT2D eigenvalue weighted by atomic mass is 16.6. The first-order valence-electron chi connectivity index (χ1n) is 7.07. The number of nitrogens with one attached hydrogen (secondary N) is 1. The summed E-state index contributed by atoms with van der Waals surface area (Å²) in [7, 11) is 1.48. The van der Waals surface area contributed by atoms with E-state index in [0.29, 0.717) is 5.69 Å². The van der Waals surface area contributed by atoms with Crippen molar-refractivity contribution in [3.63, 3.8) is 0 Å². The van der Waals surface area contributed by atoms with E-state index in [9.17, 15) is 19.7 Å². The van der Waals surface area contributed by atoms with Crippen molar-refractivity contribution >= 4 is 11.6 Å². The van der Waals surface area contributed by atoms with Crippen LogP contribution in [-0.4, -0.2) is 40.9 Å². The molecule has 0 spiro atoms. The second-order valence-electron chi connectivity index (χ2n) is 4.90. The predicted octanol–water partition coefficient (Wildman–Crippen LogP) is 0.825. The molecule has 1 N–H and O–H groups in total. The Kier molecular flexibility index (Phi) is 5.38. The maximum absolute atomic E-state index is 12.1. The minimum Gasteiger partial charge on any atom is -0.383 e. The number of benzene rings is 1. The van der Waals surface area contributed by atoms with Crippen molar-refractivity contribution in [3.05, 3.63) is 62.1 Å². The first-order chi connectivity index (χ1) is 11.5. The molecule has 0 aliphatic rings. The van der Waals surface area contributed by atoms with Gasteiger partial charge in [-0.05, 0) is 13.0 Å². The molecule has 2 rings (SSSR count). The Bertz CT molecular complexity index is 831. The summed E-state index contributed by atoms with van der Waals surface area (Å²) in [5.41, 5.74) is -0.525. The van der Waals surface area contributed by atoms with Crippen molar-refractivity contribution in [2.45, 2.75) is 6.92 Å². The van der Waals surface area contributed by atoms with Crippen molar-refractivity contribution in [1.29, 1.82) is 0 Å². The zero-order chi connectivity index (χ0) is 17.7. The average molecular weight is 332 g/mol. The van der Waals surface area contributed by atoms with Gasteiger partial charge in [0.1, 0.15) is 5.69 Å². The van der Waals surface area contributed by atoms with Gasteiger partial charge in [0.25, 0.3) is 11.6 Å². The van der Waals surface area contributed by atoms with Crippen LogP contribution < -0.4 is 10.7 Å². The number of amides is 1. The van der Waals surface area contributed by atoms with E-state index in [1.54, 1.807) is 13.0 Å². The first kappa shape index (κ1) is 17.3. The van der Waals surface area contributed by atoms with Crippen LogP contribution in [0.15, 0.2) is 35.1 Å². The molecule has 9 heteroatoms. The standard InChI is InChI=1S/C15H16N4O5/c1-10-9-13(20)14(15(21)16-7-8-24-2)17-18(10)11-5-3-4-6-12(11)19(22)23/h3-6,9H,7-8H2,1-2H3,(H,16,21). The Morgan fingerprint density at radius 3 is 2.79 bits per heavy atom. The number of aromatic nitrogens is 2. The van der Waals surface area contributed by atoms with Crippen LogP contribution in [0.25, 0.3) is 5.69 Å². The third kappa shape index (κ3) is 3.63. The van der Waals surface area contributed by atoms with Gasteiger partial charge in [-0.1, -0.05) is 12.1 Å². The van der Waals surface area contributed by atoms with E-state index in [-0.39, 0.29) is 30.2 Å². The van der Waals surface area contributed by atoms with Crippen LogP contribution in [0.1, 0.15) is 16.2 Å². The molecule has 9 nitrogen and oxygen atoms in total. The van der Waals surface area contributed by atoms with Crippen LogP contribution in [0, 0.1) is 17.0 Å². The van der Waals surface area contributed by atoms with Gasteiger partial charge in [-0.25, -0.2) is 4.68 Å². The molecule has 0 saturated heterocycles. The maximum atomic E-state index is 12.1. The van der Waals surface area contributed by atoms with E-state index in [1.165, 1.54) is 36.1 Å². The molecule has 0 aliphatic carbocycles. The topological polar surface area (TPSA) is 116 Å². The van der Waals surface area contributed by atoms with Crippen LogP contribution in [-0.2, 0) is 4.74 Å². The fourth-order valence-electron chi connectivity index (χ4n) is 2.10. The van der Waals surface area contributed by atoms with Gasteiger partial charge >= 0.3 is 0 Å². The van der Waals surface area contributed by atoms with Gasteiger partial charge in [0.05, 0.1) is 11.5 Å². The number of hydrogen-bond acceptors (Lipinski definition) is 6. The minimum absolute atomic E-state index is 0.172. The molecule has 0 saturated carbocycles. The van der Waals surface area contributed by atoms with Gasteiger partial charge < -0.3 is 10.1 Å². The summed E-state index contributed by atoms with van der Waals surface area (Å²) >= 11 is 0. The second-order valence-corrected chi connectivity index (χ2v) is 4.90.